The summed E-state index contributed by atoms with van der Waals surface area (Å²) >= 11 is 0. The minimum atomic E-state index is -4.73. The topological polar surface area (TPSA) is 55.1 Å². The van der Waals surface area contributed by atoms with Gasteiger partial charge in [-0.25, -0.2) is 0 Å². The standard InChI is InChI=1S/C13H23F3N2O/c1-3-10(9-7-5-4-6-8-9)18-11(19)12(2,17)13(14,15)16/h9-10H,3-8,17H2,1-2H3,(H,18,19). The molecule has 0 spiro atoms. The number of nitrogens with one attached hydrogen (secondary N) is 1. The van der Waals surface area contributed by atoms with Crippen molar-refractivity contribution in [1.82, 2.24) is 5.32 Å². The minimum Gasteiger partial charge on any atom is -0.351 e. The predicted octanol–water partition coefficient (Wildman–Crippen LogP) is 2.74. The maximum Gasteiger partial charge on any atom is 0.415 e. The normalized spacial score (nSPS) is 22.6. The number of halogens is 3. The third-order valence-electron chi connectivity index (χ3n) is 4.04. The van der Waals surface area contributed by atoms with Gasteiger partial charge in [-0.3, -0.25) is 4.79 Å². The van der Waals surface area contributed by atoms with Gasteiger partial charge in [-0.1, -0.05) is 26.2 Å². The van der Waals surface area contributed by atoms with Crippen molar-refractivity contribution in [2.45, 2.75) is 70.1 Å². The van der Waals surface area contributed by atoms with Crippen molar-refractivity contribution in [3.63, 3.8) is 0 Å². The first-order valence-corrected chi connectivity index (χ1v) is 6.86. The first kappa shape index (κ1) is 16.3. The Morgan fingerprint density at radius 1 is 1.32 bits per heavy atom. The molecule has 1 amide bonds. The average Bonchev–Trinajstić information content (AvgIpc) is 2.35. The number of carbonyl (C=O) groups is 1. The van der Waals surface area contributed by atoms with Gasteiger partial charge in [0.15, 0.2) is 5.54 Å². The molecule has 0 aromatic heterocycles. The zero-order valence-corrected chi connectivity index (χ0v) is 11.5. The Morgan fingerprint density at radius 3 is 2.26 bits per heavy atom. The van der Waals surface area contributed by atoms with Gasteiger partial charge in [0.05, 0.1) is 0 Å². The van der Waals surface area contributed by atoms with Crippen molar-refractivity contribution in [2.75, 3.05) is 0 Å². The zero-order chi connectivity index (χ0) is 14.7. The quantitative estimate of drug-likeness (QED) is 0.832. The van der Waals surface area contributed by atoms with Crippen LogP contribution in [0.4, 0.5) is 13.2 Å². The molecule has 3 N–H and O–H groups in total. The van der Waals surface area contributed by atoms with E-state index in [0.717, 1.165) is 39.0 Å². The molecule has 0 aliphatic heterocycles. The Balaban J connectivity index is 2.67. The van der Waals surface area contributed by atoms with Crippen LogP contribution in [0.15, 0.2) is 0 Å². The Labute approximate surface area is 112 Å². The predicted molar refractivity (Wildman–Crippen MR) is 67.4 cm³/mol. The lowest BCUT2D eigenvalue weighted by Crippen LogP contribution is -2.63. The van der Waals surface area contributed by atoms with E-state index in [1.165, 1.54) is 0 Å². The summed E-state index contributed by atoms with van der Waals surface area (Å²) in [6.07, 6.45) is 1.15. The van der Waals surface area contributed by atoms with Crippen LogP contribution in [0.1, 0.15) is 52.4 Å². The molecule has 0 saturated heterocycles. The number of carbonyl (C=O) groups excluding carboxylic acids is 1. The Bertz CT molecular complexity index is 310. The first-order chi connectivity index (χ1) is 8.70. The van der Waals surface area contributed by atoms with Crippen molar-refractivity contribution in [2.24, 2.45) is 11.7 Å². The highest BCUT2D eigenvalue weighted by atomic mass is 19.4. The number of hydrogen-bond donors (Lipinski definition) is 2. The molecule has 19 heavy (non-hydrogen) atoms. The second-order valence-corrected chi connectivity index (χ2v) is 5.59. The average molecular weight is 280 g/mol. The number of rotatable bonds is 4. The van der Waals surface area contributed by atoms with Crippen molar-refractivity contribution < 1.29 is 18.0 Å². The number of nitrogens with two attached hydrogens (primary N) is 1. The first-order valence-electron chi connectivity index (χ1n) is 6.86. The largest absolute Gasteiger partial charge is 0.415 e. The summed E-state index contributed by atoms with van der Waals surface area (Å²) in [5.74, 6) is -0.857. The third-order valence-corrected chi connectivity index (χ3v) is 4.04. The van der Waals surface area contributed by atoms with Crippen LogP contribution < -0.4 is 11.1 Å². The number of hydrogen-bond acceptors (Lipinski definition) is 2. The zero-order valence-electron chi connectivity index (χ0n) is 11.5. The summed E-state index contributed by atoms with van der Waals surface area (Å²) in [6, 6.07) is -0.210. The SMILES string of the molecule is CCC(NC(=O)C(C)(N)C(F)(F)F)C1CCCCC1. The minimum absolute atomic E-state index is 0.210. The third kappa shape index (κ3) is 3.84. The molecule has 1 fully saturated rings. The molecule has 112 valence electrons. The van der Waals surface area contributed by atoms with E-state index >= 15 is 0 Å². The van der Waals surface area contributed by atoms with Gasteiger partial charge in [-0.05, 0) is 32.1 Å². The second-order valence-electron chi connectivity index (χ2n) is 5.59. The lowest BCUT2D eigenvalue weighted by atomic mass is 9.82. The summed E-state index contributed by atoms with van der Waals surface area (Å²) in [4.78, 5) is 11.8. The molecule has 0 radical (unpaired) electrons. The molecule has 2 atom stereocenters. The van der Waals surface area contributed by atoms with E-state index in [1.54, 1.807) is 0 Å². The van der Waals surface area contributed by atoms with Crippen molar-refractivity contribution in [3.05, 3.63) is 0 Å². The van der Waals surface area contributed by atoms with Crippen LogP contribution in [0.3, 0.4) is 0 Å². The van der Waals surface area contributed by atoms with Crippen molar-refractivity contribution in [1.29, 1.82) is 0 Å². The molecule has 2 unspecified atom stereocenters. The fraction of sp³-hybridized carbons (Fsp3) is 0.923. The molecule has 3 nitrogen and oxygen atoms in total. The molecule has 0 aromatic rings. The van der Waals surface area contributed by atoms with Gasteiger partial charge in [0.2, 0.25) is 5.91 Å². The monoisotopic (exact) mass is 280 g/mol. The molecular formula is C13H23F3N2O. The fourth-order valence-corrected chi connectivity index (χ4v) is 2.54. The lowest BCUT2D eigenvalue weighted by molar-refractivity contribution is -0.188. The lowest BCUT2D eigenvalue weighted by Gasteiger charge is -2.33. The van der Waals surface area contributed by atoms with Gasteiger partial charge in [0.1, 0.15) is 0 Å². The summed E-state index contributed by atoms with van der Waals surface area (Å²) in [7, 11) is 0. The van der Waals surface area contributed by atoms with Gasteiger partial charge in [-0.15, -0.1) is 0 Å². The van der Waals surface area contributed by atoms with Crippen LogP contribution in [0.25, 0.3) is 0 Å². The number of amides is 1. The summed E-state index contributed by atoms with van der Waals surface area (Å²) < 4.78 is 38.1. The molecule has 1 rings (SSSR count). The van der Waals surface area contributed by atoms with Crippen LogP contribution in [0, 0.1) is 5.92 Å². The van der Waals surface area contributed by atoms with Crippen LogP contribution in [-0.4, -0.2) is 23.7 Å². The summed E-state index contributed by atoms with van der Waals surface area (Å²) in [5.41, 5.74) is 2.31. The van der Waals surface area contributed by atoms with Gasteiger partial charge in [-0.2, -0.15) is 13.2 Å². The molecule has 0 aromatic carbocycles. The van der Waals surface area contributed by atoms with Crippen LogP contribution in [-0.2, 0) is 4.79 Å². The van der Waals surface area contributed by atoms with E-state index in [-0.39, 0.29) is 12.0 Å². The van der Waals surface area contributed by atoms with E-state index in [1.807, 2.05) is 6.92 Å². The summed E-state index contributed by atoms with van der Waals surface area (Å²) in [5, 5.41) is 2.50. The van der Waals surface area contributed by atoms with E-state index < -0.39 is 17.6 Å². The van der Waals surface area contributed by atoms with Crippen molar-refractivity contribution >= 4 is 5.91 Å². The van der Waals surface area contributed by atoms with Gasteiger partial charge < -0.3 is 11.1 Å². The Kier molecular flexibility index (Phi) is 5.24. The van der Waals surface area contributed by atoms with Crippen molar-refractivity contribution in [3.8, 4) is 0 Å². The molecule has 0 bridgehead atoms. The molecule has 1 aliphatic carbocycles. The molecule has 6 heteroatoms. The fourth-order valence-electron chi connectivity index (χ4n) is 2.54. The van der Waals surface area contributed by atoms with Gasteiger partial charge >= 0.3 is 6.18 Å². The summed E-state index contributed by atoms with van der Waals surface area (Å²) in [6.45, 7) is 2.59. The molecule has 1 saturated carbocycles. The maximum atomic E-state index is 12.7. The second kappa shape index (κ2) is 6.11. The van der Waals surface area contributed by atoms with E-state index in [0.29, 0.717) is 6.42 Å². The van der Waals surface area contributed by atoms with E-state index in [9.17, 15) is 18.0 Å². The molecular weight excluding hydrogens is 257 g/mol. The smallest absolute Gasteiger partial charge is 0.351 e. The maximum absolute atomic E-state index is 12.7. The Hall–Kier alpha value is -0.780. The van der Waals surface area contributed by atoms with Crippen LogP contribution in [0.5, 0.6) is 0 Å². The number of alkyl halides is 3. The molecule has 0 heterocycles. The highest BCUT2D eigenvalue weighted by Gasteiger charge is 2.54. The van der Waals surface area contributed by atoms with E-state index in [4.69, 9.17) is 5.73 Å². The highest BCUT2D eigenvalue weighted by molar-refractivity contribution is 5.86. The van der Waals surface area contributed by atoms with Gasteiger partial charge in [0.25, 0.3) is 0 Å². The van der Waals surface area contributed by atoms with Crippen LogP contribution in [0.2, 0.25) is 0 Å². The Morgan fingerprint density at radius 2 is 1.84 bits per heavy atom. The van der Waals surface area contributed by atoms with Crippen LogP contribution >= 0.6 is 0 Å². The van der Waals surface area contributed by atoms with Gasteiger partial charge in [0, 0.05) is 6.04 Å². The van der Waals surface area contributed by atoms with E-state index in [2.05, 4.69) is 5.32 Å². The highest BCUT2D eigenvalue weighted by Crippen LogP contribution is 2.30. The molecule has 1 aliphatic rings.